The molecule has 2 aromatic carbocycles. The first-order valence-corrected chi connectivity index (χ1v) is 8.22. The van der Waals surface area contributed by atoms with Gasteiger partial charge >= 0.3 is 5.97 Å². The minimum absolute atomic E-state index is 0.0826. The Morgan fingerprint density at radius 3 is 2.72 bits per heavy atom. The Morgan fingerprint density at radius 1 is 1.16 bits per heavy atom. The predicted octanol–water partition coefficient (Wildman–Crippen LogP) is 3.97. The second-order valence-corrected chi connectivity index (χ2v) is 6.01. The number of fused-ring (bicyclic) bond motifs is 1. The van der Waals surface area contributed by atoms with E-state index in [1.54, 1.807) is 7.11 Å². The van der Waals surface area contributed by atoms with Crippen molar-refractivity contribution in [1.82, 2.24) is 0 Å². The lowest BCUT2D eigenvalue weighted by atomic mass is 9.86. The van der Waals surface area contributed by atoms with Gasteiger partial charge in [0.05, 0.1) is 7.11 Å². The fourth-order valence-electron chi connectivity index (χ4n) is 3.04. The number of ketones is 1. The summed E-state index contributed by atoms with van der Waals surface area (Å²) in [6.07, 6.45) is 3.50. The van der Waals surface area contributed by atoms with Gasteiger partial charge in [0.25, 0.3) is 0 Å². The Morgan fingerprint density at radius 2 is 1.96 bits per heavy atom. The molecule has 0 aliphatic heterocycles. The van der Waals surface area contributed by atoms with E-state index in [9.17, 15) is 9.59 Å². The average Bonchev–Trinajstić information content (AvgIpc) is 2.62. The molecule has 0 atom stereocenters. The zero-order chi connectivity index (χ0) is 17.8. The predicted molar refractivity (Wildman–Crippen MR) is 95.5 cm³/mol. The topological polar surface area (TPSA) is 52.6 Å². The van der Waals surface area contributed by atoms with Crippen LogP contribution in [0.2, 0.25) is 0 Å². The number of allylic oxidation sites excluding steroid dienone is 1. The lowest BCUT2D eigenvalue weighted by Crippen LogP contribution is -2.13. The van der Waals surface area contributed by atoms with Crippen molar-refractivity contribution in [1.29, 1.82) is 0 Å². The van der Waals surface area contributed by atoms with Gasteiger partial charge in [0.2, 0.25) is 0 Å². The Labute approximate surface area is 147 Å². The summed E-state index contributed by atoms with van der Waals surface area (Å²) < 4.78 is 10.4. The van der Waals surface area contributed by atoms with E-state index >= 15 is 0 Å². The van der Waals surface area contributed by atoms with Crippen LogP contribution in [0.3, 0.4) is 0 Å². The van der Waals surface area contributed by atoms with Gasteiger partial charge in [-0.3, -0.25) is 9.59 Å². The molecule has 0 radical (unpaired) electrons. The maximum Gasteiger partial charge on any atom is 0.302 e. The highest BCUT2D eigenvalue weighted by Crippen LogP contribution is 2.28. The van der Waals surface area contributed by atoms with Gasteiger partial charge in [-0.2, -0.15) is 0 Å². The third-order valence-electron chi connectivity index (χ3n) is 4.29. The summed E-state index contributed by atoms with van der Waals surface area (Å²) >= 11 is 0. The van der Waals surface area contributed by atoms with Crippen molar-refractivity contribution >= 4 is 17.8 Å². The molecule has 0 spiro atoms. The number of methoxy groups -OCH3 is 1. The van der Waals surface area contributed by atoms with Gasteiger partial charge in [-0.15, -0.1) is 0 Å². The fraction of sp³-hybridized carbons (Fsp3) is 0.238. The van der Waals surface area contributed by atoms with E-state index in [1.165, 1.54) is 6.92 Å². The van der Waals surface area contributed by atoms with E-state index in [0.717, 1.165) is 40.7 Å². The van der Waals surface area contributed by atoms with Crippen LogP contribution in [0.1, 0.15) is 40.4 Å². The molecule has 1 aliphatic rings. The molecule has 0 fully saturated rings. The SMILES string of the molecule is COc1ccc(C=C2CCc3ccccc3C2=O)cc1COC(C)=O. The molecule has 1 aliphatic carbocycles. The van der Waals surface area contributed by atoms with Gasteiger partial charge in [-0.05, 0) is 42.2 Å². The highest BCUT2D eigenvalue weighted by molar-refractivity contribution is 6.13. The van der Waals surface area contributed by atoms with Crippen molar-refractivity contribution in [3.8, 4) is 5.75 Å². The lowest BCUT2D eigenvalue weighted by Gasteiger charge is -2.17. The Hall–Kier alpha value is -2.88. The minimum Gasteiger partial charge on any atom is -0.496 e. The summed E-state index contributed by atoms with van der Waals surface area (Å²) in [5, 5.41) is 0. The first-order chi connectivity index (χ1) is 12.1. The maximum absolute atomic E-state index is 12.7. The van der Waals surface area contributed by atoms with E-state index in [-0.39, 0.29) is 18.4 Å². The zero-order valence-corrected chi connectivity index (χ0v) is 14.4. The number of aryl methyl sites for hydroxylation is 1. The highest BCUT2D eigenvalue weighted by atomic mass is 16.5. The molecular formula is C21H20O4. The van der Waals surface area contributed by atoms with Gasteiger partial charge in [-0.25, -0.2) is 0 Å². The van der Waals surface area contributed by atoms with Gasteiger partial charge in [0, 0.05) is 23.6 Å². The van der Waals surface area contributed by atoms with Crippen molar-refractivity contribution in [3.05, 3.63) is 70.3 Å². The number of hydrogen-bond acceptors (Lipinski definition) is 4. The van der Waals surface area contributed by atoms with Gasteiger partial charge in [0.1, 0.15) is 12.4 Å². The molecule has 4 nitrogen and oxygen atoms in total. The number of ether oxygens (including phenoxy) is 2. The van der Waals surface area contributed by atoms with Gasteiger partial charge in [0.15, 0.2) is 5.78 Å². The summed E-state index contributed by atoms with van der Waals surface area (Å²) in [6, 6.07) is 13.4. The standard InChI is InChI=1S/C21H20O4/c1-14(22)25-13-18-12-15(7-10-20(18)24-2)11-17-9-8-16-5-3-4-6-19(16)21(17)23/h3-7,10-12H,8-9,13H2,1-2H3. The van der Waals surface area contributed by atoms with Gasteiger partial charge in [-0.1, -0.05) is 30.3 Å². The second kappa shape index (κ2) is 7.34. The smallest absolute Gasteiger partial charge is 0.302 e. The summed E-state index contributed by atoms with van der Waals surface area (Å²) in [4.78, 5) is 23.7. The number of Topliss-reactive ketones (excluding diaryl/α,β-unsaturated/α-hetero) is 1. The molecule has 0 saturated heterocycles. The van der Waals surface area contributed by atoms with E-state index in [0.29, 0.717) is 5.75 Å². The molecule has 0 amide bonds. The highest BCUT2D eigenvalue weighted by Gasteiger charge is 2.21. The molecule has 0 bridgehead atoms. The van der Waals surface area contributed by atoms with Crippen molar-refractivity contribution < 1.29 is 19.1 Å². The Bertz CT molecular complexity index is 849. The Kier molecular flexibility index (Phi) is 4.98. The molecule has 0 unspecified atom stereocenters. The number of carbonyl (C=O) groups excluding carboxylic acids is 2. The molecule has 0 heterocycles. The molecule has 4 heteroatoms. The van der Waals surface area contributed by atoms with Crippen molar-refractivity contribution in [2.75, 3.05) is 7.11 Å². The van der Waals surface area contributed by atoms with Crippen molar-refractivity contribution in [3.63, 3.8) is 0 Å². The summed E-state index contributed by atoms with van der Waals surface area (Å²) in [5.41, 5.74) is 4.35. The van der Waals surface area contributed by atoms with Crippen LogP contribution in [-0.4, -0.2) is 18.9 Å². The van der Waals surface area contributed by atoms with Crippen LogP contribution in [0.4, 0.5) is 0 Å². The van der Waals surface area contributed by atoms with E-state index in [2.05, 4.69) is 0 Å². The van der Waals surface area contributed by atoms with E-state index in [4.69, 9.17) is 9.47 Å². The third-order valence-corrected chi connectivity index (χ3v) is 4.29. The molecule has 3 rings (SSSR count). The first-order valence-electron chi connectivity index (χ1n) is 8.22. The summed E-state index contributed by atoms with van der Waals surface area (Å²) in [6.45, 7) is 1.52. The number of hydrogen-bond donors (Lipinski definition) is 0. The van der Waals surface area contributed by atoms with Crippen LogP contribution in [-0.2, 0) is 22.6 Å². The molecule has 25 heavy (non-hydrogen) atoms. The maximum atomic E-state index is 12.7. The second-order valence-electron chi connectivity index (χ2n) is 6.01. The van der Waals surface area contributed by atoms with E-state index in [1.807, 2.05) is 48.5 Å². The molecule has 0 saturated carbocycles. The molecule has 0 N–H and O–H groups in total. The van der Waals surface area contributed by atoms with Crippen LogP contribution < -0.4 is 4.74 Å². The third kappa shape index (κ3) is 3.79. The zero-order valence-electron chi connectivity index (χ0n) is 14.4. The monoisotopic (exact) mass is 336 g/mol. The normalized spacial score (nSPS) is 15.0. The molecular weight excluding hydrogens is 316 g/mol. The van der Waals surface area contributed by atoms with E-state index < -0.39 is 0 Å². The van der Waals surface area contributed by atoms with Crippen LogP contribution in [0, 0.1) is 0 Å². The van der Waals surface area contributed by atoms with Crippen LogP contribution in [0.5, 0.6) is 5.75 Å². The number of carbonyl (C=O) groups is 2. The number of benzene rings is 2. The lowest BCUT2D eigenvalue weighted by molar-refractivity contribution is -0.142. The minimum atomic E-state index is -0.343. The van der Waals surface area contributed by atoms with Crippen LogP contribution >= 0.6 is 0 Å². The van der Waals surface area contributed by atoms with Gasteiger partial charge < -0.3 is 9.47 Å². The van der Waals surface area contributed by atoms with Crippen molar-refractivity contribution in [2.24, 2.45) is 0 Å². The summed E-state index contributed by atoms with van der Waals surface area (Å²) in [5.74, 6) is 0.396. The molecule has 2 aromatic rings. The number of esters is 1. The summed E-state index contributed by atoms with van der Waals surface area (Å²) in [7, 11) is 1.58. The quantitative estimate of drug-likeness (QED) is 0.626. The molecule has 0 aromatic heterocycles. The fourth-order valence-corrected chi connectivity index (χ4v) is 3.04. The largest absolute Gasteiger partial charge is 0.496 e. The Balaban J connectivity index is 1.89. The average molecular weight is 336 g/mol. The van der Waals surface area contributed by atoms with Crippen molar-refractivity contribution in [2.45, 2.75) is 26.4 Å². The van der Waals surface area contributed by atoms with Crippen LogP contribution in [0.25, 0.3) is 6.08 Å². The number of rotatable bonds is 4. The first kappa shape index (κ1) is 17.0. The molecule has 128 valence electrons. The van der Waals surface area contributed by atoms with Crippen LogP contribution in [0.15, 0.2) is 48.0 Å².